The number of unbranched alkanes of at least 4 members (excludes halogenated alkanes) is 5. The Morgan fingerprint density at radius 3 is 2.15 bits per heavy atom. The molecule has 3 aromatic carbocycles. The van der Waals surface area contributed by atoms with E-state index in [0.29, 0.717) is 47.1 Å². The van der Waals surface area contributed by atoms with Crippen LogP contribution in [0.25, 0.3) is 16.6 Å². The van der Waals surface area contributed by atoms with E-state index in [1.54, 1.807) is 42.9 Å². The van der Waals surface area contributed by atoms with Gasteiger partial charge in [-0.25, -0.2) is 8.78 Å². The number of hydrogen-bond donors (Lipinski definition) is 0. The molecule has 2 bridgehead atoms. The van der Waals surface area contributed by atoms with Crippen LogP contribution in [0.5, 0.6) is 17.2 Å². The summed E-state index contributed by atoms with van der Waals surface area (Å²) in [7, 11) is 1.56. The number of anilines is 1. The number of amides is 1. The van der Waals surface area contributed by atoms with Crippen LogP contribution in [-0.4, -0.2) is 68.0 Å². The molecule has 3 aliphatic heterocycles. The van der Waals surface area contributed by atoms with Gasteiger partial charge in [-0.15, -0.1) is 0 Å². The summed E-state index contributed by atoms with van der Waals surface area (Å²) in [5.41, 5.74) is 0.500. The molecule has 0 atom stereocenters. The Labute approximate surface area is 311 Å². The molecule has 0 N–H and O–H groups in total. The number of aromatic nitrogens is 1. The number of hydrogen-bond acceptors (Lipinski definition) is 5. The van der Waals surface area contributed by atoms with Gasteiger partial charge in [-0.1, -0.05) is 26.2 Å². The highest BCUT2D eigenvalue weighted by Gasteiger charge is 2.38. The number of ether oxygens (including phenoxy) is 3. The molecule has 0 saturated carbocycles. The molecule has 10 heteroatoms. The smallest absolute Gasteiger partial charge is 0.263 e. The third-order valence-corrected chi connectivity index (χ3v) is 11.1. The van der Waals surface area contributed by atoms with Gasteiger partial charge in [0.1, 0.15) is 34.4 Å². The summed E-state index contributed by atoms with van der Waals surface area (Å²) in [6.07, 6.45) is 13.7. The lowest BCUT2D eigenvalue weighted by molar-refractivity contribution is -0.942. The summed E-state index contributed by atoms with van der Waals surface area (Å²) in [6.45, 7) is 10.4. The Morgan fingerprint density at radius 1 is 0.811 bits per heavy atom. The topological polar surface area (TPSA) is 70.0 Å². The van der Waals surface area contributed by atoms with Crippen molar-refractivity contribution in [3.63, 3.8) is 0 Å². The van der Waals surface area contributed by atoms with Crippen molar-refractivity contribution in [2.75, 3.05) is 57.9 Å². The maximum atomic E-state index is 14.2. The minimum atomic E-state index is -0.818. The Hall–Kier alpha value is -4.44. The lowest BCUT2D eigenvalue weighted by Gasteiger charge is -2.49. The molecule has 3 aliphatic rings. The highest BCUT2D eigenvalue weighted by atomic mass is 19.1. The summed E-state index contributed by atoms with van der Waals surface area (Å²) < 4.78 is 49.3. The number of piperidine rings is 3. The van der Waals surface area contributed by atoms with E-state index in [2.05, 4.69) is 0 Å². The molecule has 4 aromatic rings. The van der Waals surface area contributed by atoms with E-state index in [9.17, 15) is 18.4 Å². The fourth-order valence-electron chi connectivity index (χ4n) is 8.08. The predicted molar refractivity (Wildman–Crippen MR) is 206 cm³/mol. The number of nitrogens with zero attached hydrogens (tertiary/aromatic N) is 3. The first kappa shape index (κ1) is 38.3. The van der Waals surface area contributed by atoms with Crippen molar-refractivity contribution < 1.29 is 32.3 Å². The molecule has 3 saturated heterocycles. The van der Waals surface area contributed by atoms with E-state index in [1.165, 1.54) is 86.7 Å². The molecule has 7 rings (SSSR count). The number of carbonyl (C=O) groups is 1. The second-order valence-corrected chi connectivity index (χ2v) is 14.8. The third-order valence-electron chi connectivity index (χ3n) is 11.1. The normalized spacial score (nSPS) is 17.9. The molecule has 1 amide bonds. The molecule has 0 spiro atoms. The van der Waals surface area contributed by atoms with Crippen LogP contribution in [0.2, 0.25) is 0 Å². The van der Waals surface area contributed by atoms with Crippen LogP contribution in [0.4, 0.5) is 14.5 Å². The first-order valence-corrected chi connectivity index (χ1v) is 19.5. The number of quaternary nitrogens is 1. The number of fused-ring (bicyclic) bond motifs is 4. The molecule has 0 unspecified atom stereocenters. The van der Waals surface area contributed by atoms with Crippen LogP contribution in [0.3, 0.4) is 0 Å². The highest BCUT2D eigenvalue weighted by Crippen LogP contribution is 2.34. The van der Waals surface area contributed by atoms with Crippen LogP contribution >= 0.6 is 0 Å². The van der Waals surface area contributed by atoms with E-state index >= 15 is 0 Å². The lowest BCUT2D eigenvalue weighted by atomic mass is 9.85. The van der Waals surface area contributed by atoms with Crippen molar-refractivity contribution in [3.8, 4) is 22.9 Å². The van der Waals surface area contributed by atoms with Gasteiger partial charge >= 0.3 is 0 Å². The average molecular weight is 731 g/mol. The molecule has 284 valence electrons. The molecule has 8 nitrogen and oxygen atoms in total. The molecule has 3 fully saturated rings. The standard InChI is InChI=1S/C43H54F2N3O5/c1-4-21-52-38-27-35(26-37(28-38)51-3)47-30-40(43(50)46(5-2)34-24-32(44)23-33(45)25-34)42(49)39-13-12-36(29-41(39)47)53-22-11-9-7-6-8-10-17-48-18-14-31(15-19-48)16-20-48/h12-13,23-31H,4-11,14-22H2,1-3H3/q+1. The molecule has 0 radical (unpaired) electrons. The number of methoxy groups -OCH3 is 1. The van der Waals surface area contributed by atoms with Crippen LogP contribution < -0.4 is 24.5 Å². The first-order chi connectivity index (χ1) is 25.7. The van der Waals surface area contributed by atoms with Crippen LogP contribution in [0.15, 0.2) is 65.6 Å². The second kappa shape index (κ2) is 17.6. The Morgan fingerprint density at radius 2 is 1.47 bits per heavy atom. The van der Waals surface area contributed by atoms with E-state index in [1.807, 2.05) is 19.1 Å². The molecule has 0 aliphatic carbocycles. The Kier molecular flexibility index (Phi) is 12.7. The van der Waals surface area contributed by atoms with Crippen molar-refractivity contribution >= 4 is 22.5 Å². The van der Waals surface area contributed by atoms with E-state index in [0.717, 1.165) is 43.4 Å². The van der Waals surface area contributed by atoms with E-state index in [-0.39, 0.29) is 17.8 Å². The number of halogens is 2. The monoisotopic (exact) mass is 730 g/mol. The van der Waals surface area contributed by atoms with Crippen molar-refractivity contribution in [3.05, 3.63) is 88.2 Å². The van der Waals surface area contributed by atoms with E-state index < -0.39 is 23.0 Å². The Bertz CT molecular complexity index is 1900. The fourth-order valence-corrected chi connectivity index (χ4v) is 8.08. The van der Waals surface area contributed by atoms with Crippen LogP contribution in [0, 0.1) is 17.6 Å². The zero-order chi connectivity index (χ0) is 37.4. The zero-order valence-electron chi connectivity index (χ0n) is 31.5. The van der Waals surface area contributed by atoms with Gasteiger partial charge in [0, 0.05) is 54.1 Å². The summed E-state index contributed by atoms with van der Waals surface area (Å²) in [4.78, 5) is 29.2. The number of pyridine rings is 1. The molecular weight excluding hydrogens is 676 g/mol. The average Bonchev–Trinajstić information content (AvgIpc) is 3.17. The van der Waals surface area contributed by atoms with Crippen molar-refractivity contribution in [2.24, 2.45) is 5.92 Å². The van der Waals surface area contributed by atoms with Gasteiger partial charge in [-0.2, -0.15) is 0 Å². The van der Waals surface area contributed by atoms with Gasteiger partial charge in [0.05, 0.1) is 57.7 Å². The summed E-state index contributed by atoms with van der Waals surface area (Å²) in [5, 5.41) is 0.294. The summed E-state index contributed by atoms with van der Waals surface area (Å²) in [5.74, 6) is 0.405. The molecule has 4 heterocycles. The number of benzene rings is 3. The lowest BCUT2D eigenvalue weighted by Crippen LogP contribution is -2.58. The second-order valence-electron chi connectivity index (χ2n) is 14.8. The molecule has 1 aromatic heterocycles. The molecular formula is C43H54F2N3O5+. The maximum Gasteiger partial charge on any atom is 0.263 e. The van der Waals surface area contributed by atoms with Gasteiger partial charge in [0.25, 0.3) is 5.91 Å². The van der Waals surface area contributed by atoms with Crippen molar-refractivity contribution in [2.45, 2.75) is 78.1 Å². The first-order valence-electron chi connectivity index (χ1n) is 19.5. The molecule has 53 heavy (non-hydrogen) atoms. The highest BCUT2D eigenvalue weighted by molar-refractivity contribution is 6.07. The summed E-state index contributed by atoms with van der Waals surface area (Å²) >= 11 is 0. The Balaban J connectivity index is 1.19. The zero-order valence-corrected chi connectivity index (χ0v) is 31.5. The largest absolute Gasteiger partial charge is 0.497 e. The predicted octanol–water partition coefficient (Wildman–Crippen LogP) is 9.08. The van der Waals surface area contributed by atoms with Gasteiger partial charge in [-0.05, 0) is 82.1 Å². The van der Waals surface area contributed by atoms with Gasteiger partial charge < -0.3 is 28.2 Å². The van der Waals surface area contributed by atoms with Gasteiger partial charge in [0.15, 0.2) is 0 Å². The van der Waals surface area contributed by atoms with Crippen molar-refractivity contribution in [1.29, 1.82) is 0 Å². The van der Waals surface area contributed by atoms with Crippen LogP contribution in [-0.2, 0) is 0 Å². The SMILES string of the molecule is CCCOc1cc(OC)cc(-n2cc(C(=O)N(CC)c3cc(F)cc(F)c3)c(=O)c3ccc(OCCCCCCCC[N+]45CCC(CC4)CC5)cc32)c1. The van der Waals surface area contributed by atoms with Gasteiger partial charge in [0.2, 0.25) is 5.43 Å². The third kappa shape index (κ3) is 9.21. The minimum Gasteiger partial charge on any atom is -0.497 e. The maximum absolute atomic E-state index is 14.2. The van der Waals surface area contributed by atoms with E-state index in [4.69, 9.17) is 14.2 Å². The number of rotatable bonds is 18. The quantitative estimate of drug-likeness (QED) is 0.0755. The fraction of sp³-hybridized carbons (Fsp3) is 0.488. The van der Waals surface area contributed by atoms with Crippen LogP contribution in [0.1, 0.15) is 88.4 Å². The summed E-state index contributed by atoms with van der Waals surface area (Å²) in [6, 6.07) is 13.5. The minimum absolute atomic E-state index is 0.0200. The van der Waals surface area contributed by atoms with Gasteiger partial charge in [-0.3, -0.25) is 9.59 Å². The number of carbonyl (C=O) groups excluding carboxylic acids is 1. The van der Waals surface area contributed by atoms with Crippen molar-refractivity contribution in [1.82, 2.24) is 4.57 Å².